The highest BCUT2D eigenvalue weighted by atomic mass is 35.5. The fourth-order valence-electron chi connectivity index (χ4n) is 4.87. The van der Waals surface area contributed by atoms with Gasteiger partial charge in [0.25, 0.3) is 0 Å². The quantitative estimate of drug-likeness (QED) is 0.572. The van der Waals surface area contributed by atoms with Gasteiger partial charge in [-0.2, -0.15) is 0 Å². The summed E-state index contributed by atoms with van der Waals surface area (Å²) in [7, 11) is 0. The van der Waals surface area contributed by atoms with E-state index in [2.05, 4.69) is 31.2 Å². The highest BCUT2D eigenvalue weighted by Gasteiger charge is 2.33. The Morgan fingerprint density at radius 1 is 0.905 bits per heavy atom. The second kappa shape index (κ2) is 7.18. The van der Waals surface area contributed by atoms with Crippen molar-refractivity contribution in [2.45, 2.75) is 70.6 Å². The predicted octanol–water partition coefficient (Wildman–Crippen LogP) is 6.83. The zero-order valence-electron chi connectivity index (χ0n) is 13.4. The van der Waals surface area contributed by atoms with Gasteiger partial charge in [0, 0.05) is 5.02 Å². The predicted molar refractivity (Wildman–Crippen MR) is 91.9 cm³/mol. The molecule has 2 aliphatic rings. The fourth-order valence-corrected chi connectivity index (χ4v) is 5.00. The molecular weight excluding hydrogens is 276 g/mol. The van der Waals surface area contributed by atoms with E-state index < -0.39 is 0 Å². The summed E-state index contributed by atoms with van der Waals surface area (Å²) in [4.78, 5) is 0. The first kappa shape index (κ1) is 15.4. The summed E-state index contributed by atoms with van der Waals surface area (Å²) in [6.45, 7) is 2.34. The summed E-state index contributed by atoms with van der Waals surface area (Å²) in [6.07, 6.45) is 13.1. The van der Waals surface area contributed by atoms with Crippen molar-refractivity contribution < 1.29 is 0 Å². The maximum absolute atomic E-state index is 6.00. The molecule has 0 radical (unpaired) electrons. The second-order valence-corrected chi connectivity index (χ2v) is 7.83. The Balaban J connectivity index is 1.50. The summed E-state index contributed by atoms with van der Waals surface area (Å²) >= 11 is 6.00. The zero-order valence-corrected chi connectivity index (χ0v) is 14.1. The highest BCUT2D eigenvalue weighted by Crippen LogP contribution is 2.46. The lowest BCUT2D eigenvalue weighted by Gasteiger charge is -2.32. The summed E-state index contributed by atoms with van der Waals surface area (Å²) in [5, 5.41) is 0.861. The van der Waals surface area contributed by atoms with Crippen molar-refractivity contribution in [1.29, 1.82) is 0 Å². The van der Waals surface area contributed by atoms with Crippen LogP contribution in [0.3, 0.4) is 0 Å². The van der Waals surface area contributed by atoms with Gasteiger partial charge in [-0.15, -0.1) is 0 Å². The van der Waals surface area contributed by atoms with Crippen molar-refractivity contribution in [3.05, 3.63) is 34.9 Å². The molecule has 1 aromatic carbocycles. The van der Waals surface area contributed by atoms with Gasteiger partial charge >= 0.3 is 0 Å². The van der Waals surface area contributed by atoms with Crippen LogP contribution in [0.1, 0.15) is 76.2 Å². The van der Waals surface area contributed by atoms with E-state index in [1.807, 2.05) is 0 Å². The van der Waals surface area contributed by atoms with Crippen LogP contribution in [0, 0.1) is 17.8 Å². The molecule has 0 amide bonds. The van der Waals surface area contributed by atoms with Crippen molar-refractivity contribution in [2.24, 2.45) is 17.8 Å². The number of benzene rings is 1. The molecule has 0 spiro atoms. The van der Waals surface area contributed by atoms with Crippen LogP contribution in [-0.2, 0) is 0 Å². The molecule has 0 nitrogen and oxygen atoms in total. The van der Waals surface area contributed by atoms with Gasteiger partial charge in [0.1, 0.15) is 0 Å². The van der Waals surface area contributed by atoms with Crippen molar-refractivity contribution in [2.75, 3.05) is 0 Å². The van der Waals surface area contributed by atoms with Gasteiger partial charge in [-0.1, -0.05) is 49.9 Å². The van der Waals surface area contributed by atoms with Crippen LogP contribution in [0.2, 0.25) is 5.02 Å². The highest BCUT2D eigenvalue weighted by molar-refractivity contribution is 6.30. The van der Waals surface area contributed by atoms with E-state index in [4.69, 9.17) is 11.6 Å². The lowest BCUT2D eigenvalue weighted by Crippen LogP contribution is -2.19. The summed E-state index contributed by atoms with van der Waals surface area (Å²) in [5.74, 6) is 3.91. The van der Waals surface area contributed by atoms with Crippen LogP contribution in [0.15, 0.2) is 24.3 Å². The first-order chi connectivity index (χ1) is 10.3. The van der Waals surface area contributed by atoms with Crippen LogP contribution >= 0.6 is 11.6 Å². The first-order valence-electron chi connectivity index (χ1n) is 9.01. The molecule has 1 heteroatoms. The molecule has 0 saturated heterocycles. The van der Waals surface area contributed by atoms with Crippen LogP contribution in [0.4, 0.5) is 0 Å². The van der Waals surface area contributed by atoms with E-state index in [9.17, 15) is 0 Å². The van der Waals surface area contributed by atoms with E-state index in [0.29, 0.717) is 0 Å². The SMILES string of the molecule is CCCC1CCC(C2CCC(c3ccc(Cl)cc3)CC2)C1. The minimum absolute atomic E-state index is 0.784. The maximum Gasteiger partial charge on any atom is 0.0406 e. The fraction of sp³-hybridized carbons (Fsp3) is 0.700. The van der Waals surface area contributed by atoms with E-state index in [1.165, 1.54) is 63.4 Å². The van der Waals surface area contributed by atoms with Gasteiger partial charge < -0.3 is 0 Å². The van der Waals surface area contributed by atoms with Crippen molar-refractivity contribution in [3.63, 3.8) is 0 Å². The average Bonchev–Trinajstić information content (AvgIpc) is 2.97. The molecule has 1 aromatic rings. The second-order valence-electron chi connectivity index (χ2n) is 7.39. The molecule has 0 aromatic heterocycles. The molecule has 2 unspecified atom stereocenters. The minimum atomic E-state index is 0.784. The van der Waals surface area contributed by atoms with Gasteiger partial charge in [-0.3, -0.25) is 0 Å². The molecule has 0 bridgehead atoms. The molecule has 0 aliphatic heterocycles. The molecule has 116 valence electrons. The lowest BCUT2D eigenvalue weighted by atomic mass is 9.73. The van der Waals surface area contributed by atoms with E-state index >= 15 is 0 Å². The number of hydrogen-bond acceptors (Lipinski definition) is 0. The van der Waals surface area contributed by atoms with Crippen molar-refractivity contribution in [3.8, 4) is 0 Å². The van der Waals surface area contributed by atoms with Crippen molar-refractivity contribution in [1.82, 2.24) is 0 Å². The lowest BCUT2D eigenvalue weighted by molar-refractivity contribution is 0.229. The number of halogens is 1. The van der Waals surface area contributed by atoms with Gasteiger partial charge in [0.15, 0.2) is 0 Å². The average molecular weight is 305 g/mol. The Bertz CT molecular complexity index is 428. The summed E-state index contributed by atoms with van der Waals surface area (Å²) in [6, 6.07) is 8.57. The van der Waals surface area contributed by atoms with Crippen LogP contribution in [-0.4, -0.2) is 0 Å². The standard InChI is InChI=1S/C20H29Cl/c1-2-3-15-4-5-19(14-15)18-8-6-16(7-9-18)17-10-12-20(21)13-11-17/h10-13,15-16,18-19H,2-9,14H2,1H3. The molecule has 2 fully saturated rings. The third kappa shape index (κ3) is 3.83. The van der Waals surface area contributed by atoms with Crippen LogP contribution in [0.5, 0.6) is 0 Å². The van der Waals surface area contributed by atoms with Crippen molar-refractivity contribution >= 4 is 11.6 Å². The van der Waals surface area contributed by atoms with E-state index in [0.717, 1.165) is 28.7 Å². The molecule has 0 N–H and O–H groups in total. The summed E-state index contributed by atoms with van der Waals surface area (Å²) < 4.78 is 0. The molecular formula is C20H29Cl. The van der Waals surface area contributed by atoms with Gasteiger partial charge in [0.05, 0.1) is 0 Å². The molecule has 21 heavy (non-hydrogen) atoms. The van der Waals surface area contributed by atoms with E-state index in [1.54, 1.807) is 0 Å². The van der Waals surface area contributed by atoms with Gasteiger partial charge in [-0.25, -0.2) is 0 Å². The largest absolute Gasteiger partial charge is 0.0843 e. The third-order valence-corrected chi connectivity index (χ3v) is 6.31. The number of rotatable bonds is 4. The molecule has 0 heterocycles. The Hall–Kier alpha value is -0.490. The Labute approximate surface area is 135 Å². The zero-order chi connectivity index (χ0) is 14.7. The van der Waals surface area contributed by atoms with E-state index in [-0.39, 0.29) is 0 Å². The molecule has 2 aliphatic carbocycles. The smallest absolute Gasteiger partial charge is 0.0406 e. The van der Waals surface area contributed by atoms with Crippen LogP contribution in [0.25, 0.3) is 0 Å². The number of hydrogen-bond donors (Lipinski definition) is 0. The topological polar surface area (TPSA) is 0 Å². The van der Waals surface area contributed by atoms with Crippen LogP contribution < -0.4 is 0 Å². The molecule has 2 saturated carbocycles. The van der Waals surface area contributed by atoms with Gasteiger partial charge in [0.2, 0.25) is 0 Å². The Morgan fingerprint density at radius 2 is 1.57 bits per heavy atom. The normalized spacial score (nSPS) is 33.2. The Kier molecular flexibility index (Phi) is 5.27. The van der Waals surface area contributed by atoms with Gasteiger partial charge in [-0.05, 0) is 79.9 Å². The third-order valence-electron chi connectivity index (χ3n) is 6.06. The first-order valence-corrected chi connectivity index (χ1v) is 9.39. The maximum atomic E-state index is 6.00. The summed E-state index contributed by atoms with van der Waals surface area (Å²) in [5.41, 5.74) is 1.51. The molecule has 2 atom stereocenters. The Morgan fingerprint density at radius 3 is 2.24 bits per heavy atom. The minimum Gasteiger partial charge on any atom is -0.0843 e. The monoisotopic (exact) mass is 304 g/mol. The molecule has 3 rings (SSSR count).